The topological polar surface area (TPSA) is 44.8 Å². The van der Waals surface area contributed by atoms with Crippen LogP contribution in [0.4, 0.5) is 4.39 Å². The molecule has 1 aromatic carbocycles. The Bertz CT molecular complexity index is 469. The van der Waals surface area contributed by atoms with E-state index < -0.39 is 11.2 Å². The maximum Gasteiger partial charge on any atom is 0.315 e. The number of methoxy groups -OCH3 is 2. The van der Waals surface area contributed by atoms with Crippen LogP contribution in [0.1, 0.15) is 19.3 Å². The number of rotatable bonds is 5. The molecule has 0 aliphatic heterocycles. The van der Waals surface area contributed by atoms with Crippen molar-refractivity contribution in [2.24, 2.45) is 5.41 Å². The summed E-state index contributed by atoms with van der Waals surface area (Å²) in [7, 11) is 2.75. The second-order valence-electron chi connectivity index (χ2n) is 4.69. The first-order valence-electron chi connectivity index (χ1n) is 6.17. The summed E-state index contributed by atoms with van der Waals surface area (Å²) in [4.78, 5) is 11.7. The van der Waals surface area contributed by atoms with E-state index in [-0.39, 0.29) is 24.1 Å². The average Bonchev–Trinajstić information content (AvgIpc) is 2.38. The van der Waals surface area contributed by atoms with E-state index in [1.807, 2.05) is 0 Å². The Kier molecular flexibility index (Phi) is 3.93. The molecule has 1 aliphatic rings. The Morgan fingerprint density at radius 2 is 2.00 bits per heavy atom. The van der Waals surface area contributed by atoms with Gasteiger partial charge in [0.1, 0.15) is 12.0 Å². The Hall–Kier alpha value is -1.78. The highest BCUT2D eigenvalue weighted by Crippen LogP contribution is 2.42. The largest absolute Gasteiger partial charge is 0.494 e. The third kappa shape index (κ3) is 2.50. The van der Waals surface area contributed by atoms with Crippen LogP contribution in [0, 0.1) is 11.2 Å². The molecule has 0 aromatic heterocycles. The first-order valence-corrected chi connectivity index (χ1v) is 6.17. The number of ether oxygens (including phenoxy) is 3. The fourth-order valence-electron chi connectivity index (χ4n) is 2.20. The smallest absolute Gasteiger partial charge is 0.315 e. The van der Waals surface area contributed by atoms with Crippen LogP contribution >= 0.6 is 0 Å². The molecule has 0 radical (unpaired) electrons. The Balaban J connectivity index is 2.08. The van der Waals surface area contributed by atoms with Crippen molar-refractivity contribution in [2.75, 3.05) is 20.8 Å². The van der Waals surface area contributed by atoms with Gasteiger partial charge in [-0.15, -0.1) is 0 Å². The van der Waals surface area contributed by atoms with Crippen LogP contribution in [0.25, 0.3) is 0 Å². The molecule has 1 aromatic rings. The third-order valence-electron chi connectivity index (χ3n) is 3.58. The Morgan fingerprint density at radius 1 is 1.32 bits per heavy atom. The molecular formula is C14H17FO4. The highest BCUT2D eigenvalue weighted by molar-refractivity contribution is 5.78. The van der Waals surface area contributed by atoms with Crippen LogP contribution in [-0.2, 0) is 9.53 Å². The molecule has 1 fully saturated rings. The molecule has 0 saturated heterocycles. The summed E-state index contributed by atoms with van der Waals surface area (Å²) < 4.78 is 29.0. The van der Waals surface area contributed by atoms with Gasteiger partial charge in [-0.25, -0.2) is 0 Å². The summed E-state index contributed by atoms with van der Waals surface area (Å²) >= 11 is 0. The third-order valence-corrected chi connectivity index (χ3v) is 3.58. The summed E-state index contributed by atoms with van der Waals surface area (Å²) in [6.45, 7) is 0.129. The molecule has 19 heavy (non-hydrogen) atoms. The fourth-order valence-corrected chi connectivity index (χ4v) is 2.20. The van der Waals surface area contributed by atoms with Crippen LogP contribution in [0.5, 0.6) is 11.5 Å². The van der Waals surface area contributed by atoms with Gasteiger partial charge in [0, 0.05) is 0 Å². The number of halogens is 1. The molecule has 0 bridgehead atoms. The van der Waals surface area contributed by atoms with Gasteiger partial charge < -0.3 is 14.2 Å². The molecule has 5 heteroatoms. The van der Waals surface area contributed by atoms with E-state index in [2.05, 4.69) is 0 Å². The number of hydrogen-bond acceptors (Lipinski definition) is 4. The van der Waals surface area contributed by atoms with Crippen molar-refractivity contribution < 1.29 is 23.4 Å². The van der Waals surface area contributed by atoms with Crippen molar-refractivity contribution in [3.8, 4) is 11.5 Å². The molecule has 104 valence electrons. The first kappa shape index (κ1) is 13.6. The zero-order chi connectivity index (χ0) is 13.9. The standard InChI is InChI=1S/C14H17FO4/c1-17-10-5-3-6-11(12(10)15)19-9-14(7-4-8-14)13(16)18-2/h3,5-6H,4,7-9H2,1-2H3. The summed E-state index contributed by atoms with van der Waals surface area (Å²) in [6.07, 6.45) is 2.38. The van der Waals surface area contributed by atoms with E-state index in [9.17, 15) is 9.18 Å². The lowest BCUT2D eigenvalue weighted by atomic mass is 9.69. The minimum absolute atomic E-state index is 0.0922. The van der Waals surface area contributed by atoms with Crippen molar-refractivity contribution in [1.29, 1.82) is 0 Å². The Morgan fingerprint density at radius 3 is 2.53 bits per heavy atom. The van der Waals surface area contributed by atoms with Gasteiger partial charge >= 0.3 is 5.97 Å². The fraction of sp³-hybridized carbons (Fsp3) is 0.500. The predicted molar refractivity (Wildman–Crippen MR) is 66.7 cm³/mol. The van der Waals surface area contributed by atoms with Gasteiger partial charge in [0.05, 0.1) is 14.2 Å². The molecule has 4 nitrogen and oxygen atoms in total. The monoisotopic (exact) mass is 268 g/mol. The van der Waals surface area contributed by atoms with Crippen molar-refractivity contribution in [3.05, 3.63) is 24.0 Å². The lowest BCUT2D eigenvalue weighted by molar-refractivity contribution is -0.161. The molecule has 1 aliphatic carbocycles. The minimum Gasteiger partial charge on any atom is -0.494 e. The van der Waals surface area contributed by atoms with E-state index >= 15 is 0 Å². The van der Waals surface area contributed by atoms with E-state index in [4.69, 9.17) is 14.2 Å². The average molecular weight is 268 g/mol. The molecule has 0 unspecified atom stereocenters. The van der Waals surface area contributed by atoms with Crippen LogP contribution in [-0.4, -0.2) is 26.8 Å². The molecule has 0 amide bonds. The number of benzene rings is 1. The number of hydrogen-bond donors (Lipinski definition) is 0. The summed E-state index contributed by atoms with van der Waals surface area (Å²) in [5, 5.41) is 0. The van der Waals surface area contributed by atoms with Crippen molar-refractivity contribution in [1.82, 2.24) is 0 Å². The molecule has 1 saturated carbocycles. The summed E-state index contributed by atoms with van der Waals surface area (Å²) in [5.41, 5.74) is -0.621. The maximum atomic E-state index is 13.9. The van der Waals surface area contributed by atoms with E-state index in [1.54, 1.807) is 6.07 Å². The van der Waals surface area contributed by atoms with Crippen molar-refractivity contribution in [3.63, 3.8) is 0 Å². The van der Waals surface area contributed by atoms with E-state index in [0.29, 0.717) is 12.8 Å². The van der Waals surface area contributed by atoms with Crippen molar-refractivity contribution >= 4 is 5.97 Å². The van der Waals surface area contributed by atoms with Crippen LogP contribution in [0.2, 0.25) is 0 Å². The SMILES string of the molecule is COC(=O)C1(COc2cccc(OC)c2F)CCC1. The van der Waals surface area contributed by atoms with Crippen LogP contribution < -0.4 is 9.47 Å². The quantitative estimate of drug-likeness (QED) is 0.770. The highest BCUT2D eigenvalue weighted by Gasteiger charge is 2.46. The number of carbonyl (C=O) groups is 1. The highest BCUT2D eigenvalue weighted by atomic mass is 19.1. The van der Waals surface area contributed by atoms with Gasteiger partial charge in [0.2, 0.25) is 5.82 Å². The molecule has 2 rings (SSSR count). The zero-order valence-corrected chi connectivity index (χ0v) is 11.1. The van der Waals surface area contributed by atoms with Gasteiger partial charge in [-0.2, -0.15) is 4.39 Å². The van der Waals surface area contributed by atoms with Crippen LogP contribution in [0.3, 0.4) is 0 Å². The molecule has 0 heterocycles. The second kappa shape index (κ2) is 5.47. The molecule has 0 N–H and O–H groups in total. The minimum atomic E-state index is -0.621. The number of esters is 1. The lowest BCUT2D eigenvalue weighted by Crippen LogP contribution is -2.44. The van der Waals surface area contributed by atoms with E-state index in [0.717, 1.165) is 6.42 Å². The van der Waals surface area contributed by atoms with Crippen LogP contribution in [0.15, 0.2) is 18.2 Å². The predicted octanol–water partition coefficient (Wildman–Crippen LogP) is 2.56. The maximum absolute atomic E-state index is 13.9. The number of carbonyl (C=O) groups excluding carboxylic acids is 1. The van der Waals surface area contributed by atoms with Gasteiger partial charge in [-0.05, 0) is 25.0 Å². The molecule has 0 spiro atoms. The van der Waals surface area contributed by atoms with Gasteiger partial charge in [-0.3, -0.25) is 4.79 Å². The van der Waals surface area contributed by atoms with E-state index in [1.165, 1.54) is 26.4 Å². The summed E-state index contributed by atoms with van der Waals surface area (Å²) in [5.74, 6) is -0.626. The molecular weight excluding hydrogens is 251 g/mol. The Labute approximate surface area is 111 Å². The van der Waals surface area contributed by atoms with Gasteiger partial charge in [0.15, 0.2) is 11.5 Å². The second-order valence-corrected chi connectivity index (χ2v) is 4.69. The summed E-state index contributed by atoms with van der Waals surface area (Å²) in [6, 6.07) is 4.67. The lowest BCUT2D eigenvalue weighted by Gasteiger charge is -2.38. The van der Waals surface area contributed by atoms with Gasteiger partial charge in [0.25, 0.3) is 0 Å². The first-order chi connectivity index (χ1) is 9.13. The molecule has 0 atom stereocenters. The zero-order valence-electron chi connectivity index (χ0n) is 11.1. The van der Waals surface area contributed by atoms with Crippen molar-refractivity contribution in [2.45, 2.75) is 19.3 Å². The normalized spacial score (nSPS) is 16.4. The van der Waals surface area contributed by atoms with Gasteiger partial charge in [-0.1, -0.05) is 12.5 Å².